The molecule has 0 amide bonds. The van der Waals surface area contributed by atoms with Crippen LogP contribution in [0, 0.1) is 0 Å². The summed E-state index contributed by atoms with van der Waals surface area (Å²) in [4.78, 5) is 2.49. The average molecular weight is 634 g/mol. The van der Waals surface area contributed by atoms with Crippen LogP contribution in [0.25, 0.3) is 54.6 Å². The Hall–Kier alpha value is -6.44. The minimum Gasteiger partial charge on any atom is -0.310 e. The van der Waals surface area contributed by atoms with Crippen molar-refractivity contribution in [2.75, 3.05) is 4.90 Å². The SMILES string of the molecule is c1ccc2c(c1)-c1ccccc1C21c2cccc(N(c3ccc4ccccc4c3)c3ccc4ccccc4c3)c2-c2ccc3ccccc3c21. The van der Waals surface area contributed by atoms with Gasteiger partial charge in [0.2, 0.25) is 0 Å². The van der Waals surface area contributed by atoms with Gasteiger partial charge in [-0.1, -0.05) is 158 Å². The van der Waals surface area contributed by atoms with Crippen LogP contribution in [0.5, 0.6) is 0 Å². The molecule has 0 heterocycles. The summed E-state index contributed by atoms with van der Waals surface area (Å²) in [6.45, 7) is 0. The molecule has 0 fully saturated rings. The molecule has 0 unspecified atom stereocenters. The summed E-state index contributed by atoms with van der Waals surface area (Å²) in [7, 11) is 0. The molecule has 0 bridgehead atoms. The van der Waals surface area contributed by atoms with Crippen LogP contribution in [0.1, 0.15) is 22.3 Å². The van der Waals surface area contributed by atoms with Crippen LogP contribution in [-0.4, -0.2) is 0 Å². The molecule has 0 N–H and O–H groups in total. The molecule has 0 saturated heterocycles. The number of nitrogens with zero attached hydrogens (tertiary/aromatic N) is 1. The summed E-state index contributed by atoms with van der Waals surface area (Å²) in [6, 6.07) is 69.9. The maximum absolute atomic E-state index is 2.49. The first-order valence-electron chi connectivity index (χ1n) is 17.4. The lowest BCUT2D eigenvalue weighted by molar-refractivity contribution is 0.801. The number of anilines is 3. The van der Waals surface area contributed by atoms with Crippen LogP contribution in [0.4, 0.5) is 17.1 Å². The first-order valence-corrected chi connectivity index (χ1v) is 17.4. The Morgan fingerprint density at radius 1 is 0.340 bits per heavy atom. The van der Waals surface area contributed by atoms with E-state index in [1.807, 2.05) is 0 Å². The molecular weight excluding hydrogens is 603 g/mol. The molecule has 0 radical (unpaired) electrons. The topological polar surface area (TPSA) is 3.24 Å². The monoisotopic (exact) mass is 633 g/mol. The quantitative estimate of drug-likeness (QED) is 0.187. The lowest BCUT2D eigenvalue weighted by Crippen LogP contribution is -2.26. The Bertz CT molecular complexity index is 2720. The Labute approximate surface area is 291 Å². The number of fused-ring (bicyclic) bond motifs is 14. The zero-order chi connectivity index (χ0) is 32.8. The van der Waals surface area contributed by atoms with Gasteiger partial charge in [-0.2, -0.15) is 0 Å². The highest BCUT2D eigenvalue weighted by Gasteiger charge is 2.53. The van der Waals surface area contributed by atoms with Gasteiger partial charge < -0.3 is 4.90 Å². The van der Waals surface area contributed by atoms with Gasteiger partial charge in [-0.05, 0) is 102 Å². The first-order chi connectivity index (χ1) is 24.8. The van der Waals surface area contributed by atoms with Gasteiger partial charge in [0.15, 0.2) is 0 Å². The zero-order valence-corrected chi connectivity index (χ0v) is 27.3. The molecule has 0 aromatic heterocycles. The highest BCUT2D eigenvalue weighted by Crippen LogP contribution is 2.65. The van der Waals surface area contributed by atoms with E-state index in [2.05, 4.69) is 193 Å². The van der Waals surface area contributed by atoms with Crippen molar-refractivity contribution in [2.24, 2.45) is 0 Å². The number of hydrogen-bond acceptors (Lipinski definition) is 1. The summed E-state index contributed by atoms with van der Waals surface area (Å²) in [6.07, 6.45) is 0. The van der Waals surface area contributed by atoms with E-state index in [-0.39, 0.29) is 0 Å². The summed E-state index contributed by atoms with van der Waals surface area (Å²) in [5.41, 5.74) is 13.7. The zero-order valence-electron chi connectivity index (χ0n) is 27.3. The normalized spacial score (nSPS) is 13.4. The molecule has 2 aliphatic carbocycles. The van der Waals surface area contributed by atoms with Gasteiger partial charge in [-0.25, -0.2) is 0 Å². The summed E-state index contributed by atoms with van der Waals surface area (Å²) in [5.74, 6) is 0. The smallest absolute Gasteiger partial charge is 0.0732 e. The molecule has 0 saturated carbocycles. The van der Waals surface area contributed by atoms with Gasteiger partial charge in [-0.3, -0.25) is 0 Å². The molecule has 1 heteroatoms. The Balaban J connectivity index is 1.29. The van der Waals surface area contributed by atoms with Crippen LogP contribution in [0.3, 0.4) is 0 Å². The predicted molar refractivity (Wildman–Crippen MR) is 210 cm³/mol. The van der Waals surface area contributed by atoms with Gasteiger partial charge in [0.25, 0.3) is 0 Å². The Kier molecular flexibility index (Phi) is 5.66. The predicted octanol–water partition coefficient (Wildman–Crippen LogP) is 13.0. The van der Waals surface area contributed by atoms with Crippen molar-refractivity contribution in [2.45, 2.75) is 5.41 Å². The number of rotatable bonds is 3. The molecule has 232 valence electrons. The molecule has 11 rings (SSSR count). The van der Waals surface area contributed by atoms with E-state index in [9.17, 15) is 0 Å². The number of hydrogen-bond donors (Lipinski definition) is 0. The second-order valence-electron chi connectivity index (χ2n) is 13.6. The van der Waals surface area contributed by atoms with Crippen molar-refractivity contribution in [1.82, 2.24) is 0 Å². The first kappa shape index (κ1) is 27.5. The summed E-state index contributed by atoms with van der Waals surface area (Å²) in [5, 5.41) is 7.50. The summed E-state index contributed by atoms with van der Waals surface area (Å²) < 4.78 is 0. The lowest BCUT2D eigenvalue weighted by atomic mass is 9.69. The fourth-order valence-electron chi connectivity index (χ4n) is 9.19. The van der Waals surface area contributed by atoms with E-state index in [1.54, 1.807) is 0 Å². The molecule has 0 aliphatic heterocycles. The molecule has 0 atom stereocenters. The van der Waals surface area contributed by atoms with E-state index in [1.165, 1.54) is 82.5 Å². The van der Waals surface area contributed by atoms with Crippen LogP contribution in [0.2, 0.25) is 0 Å². The minimum absolute atomic E-state index is 0.451. The van der Waals surface area contributed by atoms with E-state index in [0.717, 1.165) is 11.4 Å². The van der Waals surface area contributed by atoms with Gasteiger partial charge >= 0.3 is 0 Å². The second kappa shape index (κ2) is 10.3. The highest BCUT2D eigenvalue weighted by molar-refractivity contribution is 6.08. The van der Waals surface area contributed by atoms with Gasteiger partial charge in [0.1, 0.15) is 0 Å². The van der Waals surface area contributed by atoms with E-state index < -0.39 is 5.41 Å². The van der Waals surface area contributed by atoms with Crippen LogP contribution in [0.15, 0.2) is 188 Å². The maximum Gasteiger partial charge on any atom is 0.0732 e. The van der Waals surface area contributed by atoms with E-state index in [4.69, 9.17) is 0 Å². The van der Waals surface area contributed by atoms with Gasteiger partial charge in [-0.15, -0.1) is 0 Å². The largest absolute Gasteiger partial charge is 0.310 e. The fraction of sp³-hybridized carbons (Fsp3) is 0.0204. The standard InChI is InChI=1S/C49H31N/c1-3-15-35-30-37(27-24-32(35)12-1)50(38-28-25-33-13-2-4-16-36(33)31-38)46-23-11-22-45-47(46)42-29-26-34-14-5-6-17-39(34)48(42)49(45)43-20-9-7-18-40(43)41-19-8-10-21-44(41)49/h1-31H. The Morgan fingerprint density at radius 3 is 1.48 bits per heavy atom. The van der Waals surface area contributed by atoms with Crippen molar-refractivity contribution in [3.05, 3.63) is 210 Å². The van der Waals surface area contributed by atoms with Crippen molar-refractivity contribution in [3.63, 3.8) is 0 Å². The van der Waals surface area contributed by atoms with Gasteiger partial charge in [0.05, 0.1) is 11.1 Å². The van der Waals surface area contributed by atoms with E-state index >= 15 is 0 Å². The van der Waals surface area contributed by atoms with Crippen LogP contribution < -0.4 is 4.90 Å². The van der Waals surface area contributed by atoms with Crippen molar-refractivity contribution in [1.29, 1.82) is 0 Å². The lowest BCUT2D eigenvalue weighted by Gasteiger charge is -2.32. The third-order valence-electron chi connectivity index (χ3n) is 11.2. The second-order valence-corrected chi connectivity index (χ2v) is 13.6. The van der Waals surface area contributed by atoms with Gasteiger partial charge in [0, 0.05) is 16.9 Å². The van der Waals surface area contributed by atoms with Crippen molar-refractivity contribution >= 4 is 49.4 Å². The van der Waals surface area contributed by atoms with Crippen molar-refractivity contribution in [3.8, 4) is 22.3 Å². The molecular formula is C49H31N. The van der Waals surface area contributed by atoms with Crippen LogP contribution in [-0.2, 0) is 5.41 Å². The average Bonchev–Trinajstić information content (AvgIpc) is 3.66. The van der Waals surface area contributed by atoms with Crippen molar-refractivity contribution < 1.29 is 0 Å². The summed E-state index contributed by atoms with van der Waals surface area (Å²) >= 11 is 0. The van der Waals surface area contributed by atoms with Crippen LogP contribution >= 0.6 is 0 Å². The minimum atomic E-state index is -0.451. The molecule has 9 aromatic carbocycles. The third kappa shape index (κ3) is 3.61. The molecule has 2 aliphatic rings. The maximum atomic E-state index is 2.49. The molecule has 50 heavy (non-hydrogen) atoms. The fourth-order valence-corrected chi connectivity index (χ4v) is 9.19. The molecule has 9 aromatic rings. The van der Waals surface area contributed by atoms with E-state index in [0.29, 0.717) is 0 Å². The third-order valence-corrected chi connectivity index (χ3v) is 11.2. The molecule has 1 spiro atoms. The Morgan fingerprint density at radius 2 is 0.840 bits per heavy atom. The molecule has 1 nitrogen and oxygen atoms in total. The number of benzene rings is 9. The highest BCUT2D eigenvalue weighted by atomic mass is 15.1.